The molecule has 0 saturated heterocycles. The minimum absolute atomic E-state index is 0.0169. The van der Waals surface area contributed by atoms with Gasteiger partial charge in [0.05, 0.1) is 6.04 Å². The summed E-state index contributed by atoms with van der Waals surface area (Å²) < 4.78 is 0. The molecule has 96 valence electrons. The van der Waals surface area contributed by atoms with Crippen molar-refractivity contribution in [2.45, 2.75) is 36.6 Å². The molecule has 1 atom stereocenters. The predicted molar refractivity (Wildman–Crippen MR) is 75.4 cm³/mol. The molecule has 0 amide bonds. The summed E-state index contributed by atoms with van der Waals surface area (Å²) in [6, 6.07) is 6.26. The molecule has 1 unspecified atom stereocenters. The Kier molecular flexibility index (Phi) is 3.44. The molecule has 0 radical (unpaired) electrons. The van der Waals surface area contributed by atoms with E-state index in [0.717, 1.165) is 17.7 Å². The molecule has 3 heteroatoms. The molecule has 2 nitrogen and oxygen atoms in total. The molecular formula is C15H19NOS. The Balaban J connectivity index is 1.82. The van der Waals surface area contributed by atoms with Gasteiger partial charge in [-0.2, -0.15) is 0 Å². The number of aryl methyl sites for hydroxylation is 1. The van der Waals surface area contributed by atoms with Crippen molar-refractivity contribution in [3.05, 3.63) is 29.3 Å². The van der Waals surface area contributed by atoms with Gasteiger partial charge in [0, 0.05) is 16.2 Å². The zero-order valence-electron chi connectivity index (χ0n) is 10.7. The van der Waals surface area contributed by atoms with Crippen LogP contribution in [0.1, 0.15) is 35.2 Å². The van der Waals surface area contributed by atoms with E-state index in [1.807, 2.05) is 24.9 Å². The zero-order chi connectivity index (χ0) is 12.5. The average Bonchev–Trinajstić information content (AvgIpc) is 2.79. The van der Waals surface area contributed by atoms with E-state index in [1.165, 1.54) is 29.7 Å². The number of hydrogen-bond donors (Lipinski definition) is 1. The van der Waals surface area contributed by atoms with Crippen LogP contribution >= 0.6 is 11.8 Å². The summed E-state index contributed by atoms with van der Waals surface area (Å²) in [7, 11) is 1.91. The highest BCUT2D eigenvalue weighted by molar-refractivity contribution is 7.99. The second-order valence-corrected chi connectivity index (χ2v) is 6.38. The van der Waals surface area contributed by atoms with E-state index in [1.54, 1.807) is 0 Å². The maximum Gasteiger partial charge on any atom is 0.180 e. The van der Waals surface area contributed by atoms with E-state index in [4.69, 9.17) is 0 Å². The first-order chi connectivity index (χ1) is 8.79. The van der Waals surface area contributed by atoms with Gasteiger partial charge in [-0.25, -0.2) is 0 Å². The SMILES string of the molecule is CNC(C(=O)c1ccc2c(c1)SCC2)C1CCC1. The minimum atomic E-state index is 0.0169. The Hall–Kier alpha value is -0.800. The molecule has 1 aromatic rings. The van der Waals surface area contributed by atoms with Crippen LogP contribution in [0.15, 0.2) is 23.1 Å². The second-order valence-electron chi connectivity index (χ2n) is 5.24. The number of hydrogen-bond acceptors (Lipinski definition) is 3. The summed E-state index contributed by atoms with van der Waals surface area (Å²) in [6.45, 7) is 0. The fourth-order valence-electron chi connectivity index (χ4n) is 2.85. The highest BCUT2D eigenvalue weighted by Gasteiger charge is 2.32. The number of thioether (sulfide) groups is 1. The fraction of sp³-hybridized carbons (Fsp3) is 0.533. The molecule has 0 spiro atoms. The van der Waals surface area contributed by atoms with Crippen molar-refractivity contribution in [3.8, 4) is 0 Å². The highest BCUT2D eigenvalue weighted by Crippen LogP contribution is 2.34. The zero-order valence-corrected chi connectivity index (χ0v) is 11.6. The van der Waals surface area contributed by atoms with Crippen LogP contribution in [0.3, 0.4) is 0 Å². The summed E-state index contributed by atoms with van der Waals surface area (Å²) in [6.07, 6.45) is 4.80. The largest absolute Gasteiger partial charge is 0.310 e. The Morgan fingerprint density at radius 3 is 2.94 bits per heavy atom. The minimum Gasteiger partial charge on any atom is -0.310 e. The van der Waals surface area contributed by atoms with Crippen molar-refractivity contribution in [1.29, 1.82) is 0 Å². The smallest absolute Gasteiger partial charge is 0.180 e. The maximum atomic E-state index is 12.5. The van der Waals surface area contributed by atoms with Gasteiger partial charge in [0.25, 0.3) is 0 Å². The Morgan fingerprint density at radius 2 is 2.28 bits per heavy atom. The van der Waals surface area contributed by atoms with E-state index in [9.17, 15) is 4.79 Å². The lowest BCUT2D eigenvalue weighted by Crippen LogP contribution is -2.43. The molecule has 2 aliphatic rings. The van der Waals surface area contributed by atoms with Crippen LogP contribution in [-0.4, -0.2) is 24.6 Å². The van der Waals surface area contributed by atoms with Crippen LogP contribution in [0.4, 0.5) is 0 Å². The molecule has 1 heterocycles. The first-order valence-corrected chi connectivity index (χ1v) is 7.75. The molecule has 1 aromatic carbocycles. The number of carbonyl (C=O) groups is 1. The van der Waals surface area contributed by atoms with Crippen LogP contribution in [-0.2, 0) is 6.42 Å². The van der Waals surface area contributed by atoms with Crippen molar-refractivity contribution in [3.63, 3.8) is 0 Å². The summed E-state index contributed by atoms with van der Waals surface area (Å²) in [4.78, 5) is 13.8. The number of rotatable bonds is 4. The van der Waals surface area contributed by atoms with Crippen LogP contribution in [0, 0.1) is 5.92 Å². The molecular weight excluding hydrogens is 242 g/mol. The van der Waals surface area contributed by atoms with Gasteiger partial charge in [0.15, 0.2) is 5.78 Å². The van der Waals surface area contributed by atoms with Crippen LogP contribution in [0.25, 0.3) is 0 Å². The van der Waals surface area contributed by atoms with E-state index < -0.39 is 0 Å². The third-order valence-corrected chi connectivity index (χ3v) is 5.29. The molecule has 3 rings (SSSR count). The summed E-state index contributed by atoms with van der Waals surface area (Å²) in [5.41, 5.74) is 2.29. The Labute approximate surface area is 113 Å². The van der Waals surface area contributed by atoms with Gasteiger partial charge in [-0.05, 0) is 43.9 Å². The van der Waals surface area contributed by atoms with Gasteiger partial charge in [0.1, 0.15) is 0 Å². The van der Waals surface area contributed by atoms with Gasteiger partial charge in [-0.1, -0.05) is 18.6 Å². The quantitative estimate of drug-likeness (QED) is 0.845. The van der Waals surface area contributed by atoms with Crippen molar-refractivity contribution >= 4 is 17.5 Å². The number of ketones is 1. The third kappa shape index (κ3) is 2.10. The monoisotopic (exact) mass is 261 g/mol. The highest BCUT2D eigenvalue weighted by atomic mass is 32.2. The lowest BCUT2D eigenvalue weighted by atomic mass is 9.77. The summed E-state index contributed by atoms with van der Waals surface area (Å²) in [5.74, 6) is 1.98. The third-order valence-electron chi connectivity index (χ3n) is 4.20. The number of likely N-dealkylation sites (N-methyl/N-ethyl adjacent to an activating group) is 1. The number of carbonyl (C=O) groups excluding carboxylic acids is 1. The van der Waals surface area contributed by atoms with Gasteiger partial charge < -0.3 is 5.32 Å². The second kappa shape index (κ2) is 5.06. The molecule has 1 aliphatic heterocycles. The fourth-order valence-corrected chi connectivity index (χ4v) is 3.96. The normalized spacial score (nSPS) is 20.3. The molecule has 1 aliphatic carbocycles. The predicted octanol–water partition coefficient (Wildman–Crippen LogP) is 2.91. The molecule has 0 aromatic heterocycles. The number of benzene rings is 1. The Bertz CT molecular complexity index is 468. The molecule has 18 heavy (non-hydrogen) atoms. The first kappa shape index (κ1) is 12.2. The van der Waals surface area contributed by atoms with Crippen LogP contribution in [0.2, 0.25) is 0 Å². The maximum absolute atomic E-state index is 12.5. The summed E-state index contributed by atoms with van der Waals surface area (Å²) in [5, 5.41) is 3.21. The molecule has 0 bridgehead atoms. The Morgan fingerprint density at radius 1 is 1.44 bits per heavy atom. The van der Waals surface area contributed by atoms with Crippen LogP contribution < -0.4 is 5.32 Å². The topological polar surface area (TPSA) is 29.1 Å². The lowest BCUT2D eigenvalue weighted by molar-refractivity contribution is 0.0870. The van der Waals surface area contributed by atoms with E-state index in [-0.39, 0.29) is 11.8 Å². The van der Waals surface area contributed by atoms with Crippen molar-refractivity contribution < 1.29 is 4.79 Å². The van der Waals surface area contributed by atoms with Crippen molar-refractivity contribution in [2.75, 3.05) is 12.8 Å². The van der Waals surface area contributed by atoms with E-state index >= 15 is 0 Å². The van der Waals surface area contributed by atoms with Crippen LogP contribution in [0.5, 0.6) is 0 Å². The molecule has 1 N–H and O–H groups in total. The lowest BCUT2D eigenvalue weighted by Gasteiger charge is -2.32. The van der Waals surface area contributed by atoms with E-state index in [0.29, 0.717) is 5.92 Å². The number of Topliss-reactive ketones (excluding diaryl/α,β-unsaturated/α-hetero) is 1. The average molecular weight is 261 g/mol. The van der Waals surface area contributed by atoms with Gasteiger partial charge in [-0.15, -0.1) is 11.8 Å². The van der Waals surface area contributed by atoms with Crippen molar-refractivity contribution in [1.82, 2.24) is 5.32 Å². The molecule has 1 fully saturated rings. The van der Waals surface area contributed by atoms with E-state index in [2.05, 4.69) is 17.4 Å². The number of nitrogens with one attached hydrogen (secondary N) is 1. The van der Waals surface area contributed by atoms with Crippen molar-refractivity contribution in [2.24, 2.45) is 5.92 Å². The number of fused-ring (bicyclic) bond motifs is 1. The standard InChI is InChI=1S/C15H19NOS/c1-16-14(11-3-2-4-11)15(17)12-6-5-10-7-8-18-13(10)9-12/h5-6,9,11,14,16H,2-4,7-8H2,1H3. The van der Waals surface area contributed by atoms with Gasteiger partial charge >= 0.3 is 0 Å². The molecule has 1 saturated carbocycles. The first-order valence-electron chi connectivity index (χ1n) is 6.77. The summed E-state index contributed by atoms with van der Waals surface area (Å²) >= 11 is 1.87. The van der Waals surface area contributed by atoms with Gasteiger partial charge in [0.2, 0.25) is 0 Å². The van der Waals surface area contributed by atoms with Gasteiger partial charge in [-0.3, -0.25) is 4.79 Å².